The summed E-state index contributed by atoms with van der Waals surface area (Å²) in [5.74, 6) is 1.86. The van der Waals surface area contributed by atoms with Gasteiger partial charge in [-0.2, -0.15) is 4.98 Å². The topological polar surface area (TPSA) is 78.0 Å². The summed E-state index contributed by atoms with van der Waals surface area (Å²) in [6.45, 7) is 2.64. The van der Waals surface area contributed by atoms with Crippen molar-refractivity contribution in [2.24, 2.45) is 0 Å². The smallest absolute Gasteiger partial charge is 0.241 e. The van der Waals surface area contributed by atoms with Gasteiger partial charge in [-0.05, 0) is 36.6 Å². The maximum absolute atomic E-state index is 5.84. The monoisotopic (exact) mass is 335 g/mol. The van der Waals surface area contributed by atoms with Crippen LogP contribution in [-0.4, -0.2) is 21.4 Å². The predicted octanol–water partition coefficient (Wildman–Crippen LogP) is 3.41. The lowest BCUT2D eigenvalue weighted by Gasteiger charge is -2.31. The number of nitrogens with two attached hydrogens (primary N) is 1. The molecule has 3 aromatic rings. The highest BCUT2D eigenvalue weighted by molar-refractivity contribution is 5.42. The zero-order valence-corrected chi connectivity index (χ0v) is 14.1. The molecular formula is C19H21N5O. The van der Waals surface area contributed by atoms with Crippen LogP contribution in [0.1, 0.15) is 36.6 Å². The van der Waals surface area contributed by atoms with Crippen molar-refractivity contribution < 1.29 is 4.74 Å². The second kappa shape index (κ2) is 6.47. The molecule has 2 atom stereocenters. The Balaban J connectivity index is 1.69. The van der Waals surface area contributed by atoms with E-state index in [2.05, 4.69) is 51.8 Å². The summed E-state index contributed by atoms with van der Waals surface area (Å²) in [5, 5.41) is 7.84. The molecule has 128 valence electrons. The van der Waals surface area contributed by atoms with Gasteiger partial charge in [0.05, 0.1) is 18.7 Å². The van der Waals surface area contributed by atoms with Crippen LogP contribution in [0.25, 0.3) is 0 Å². The molecule has 0 unspecified atom stereocenters. The van der Waals surface area contributed by atoms with E-state index in [0.717, 1.165) is 17.7 Å². The van der Waals surface area contributed by atoms with E-state index in [0.29, 0.717) is 12.6 Å². The van der Waals surface area contributed by atoms with Gasteiger partial charge in [0.1, 0.15) is 5.75 Å². The Kier molecular flexibility index (Phi) is 4.01. The molecule has 0 fully saturated rings. The third-order valence-electron chi connectivity index (χ3n) is 4.48. The minimum absolute atomic E-state index is 0.0712. The number of ether oxygens (including phenoxy) is 1. The van der Waals surface area contributed by atoms with E-state index in [1.54, 1.807) is 0 Å². The number of nitrogens with one attached hydrogen (secondary N) is 1. The van der Waals surface area contributed by atoms with Crippen LogP contribution in [-0.2, 0) is 0 Å². The van der Waals surface area contributed by atoms with E-state index >= 15 is 0 Å². The van der Waals surface area contributed by atoms with Gasteiger partial charge in [0.15, 0.2) is 0 Å². The first-order valence-corrected chi connectivity index (χ1v) is 8.51. The molecule has 0 amide bonds. The van der Waals surface area contributed by atoms with Crippen LogP contribution in [0.4, 0.5) is 11.9 Å². The normalized spacial score (nSPS) is 19.1. The molecule has 0 radical (unpaired) electrons. The average Bonchev–Trinajstić information content (AvgIpc) is 3.03. The molecule has 3 N–H and O–H groups in total. The largest absolute Gasteiger partial charge is 0.494 e. The Labute approximate surface area is 146 Å². The van der Waals surface area contributed by atoms with Crippen LogP contribution in [0.3, 0.4) is 0 Å². The van der Waals surface area contributed by atoms with E-state index in [-0.39, 0.29) is 18.0 Å². The molecule has 0 bridgehead atoms. The zero-order chi connectivity index (χ0) is 17.2. The second-order valence-electron chi connectivity index (χ2n) is 6.10. The Hall–Kier alpha value is -3.02. The first-order valence-electron chi connectivity index (χ1n) is 8.51. The molecular weight excluding hydrogens is 314 g/mol. The van der Waals surface area contributed by atoms with Crippen molar-refractivity contribution in [2.45, 2.75) is 25.4 Å². The summed E-state index contributed by atoms with van der Waals surface area (Å²) < 4.78 is 7.42. The number of hydrogen-bond acceptors (Lipinski definition) is 5. The van der Waals surface area contributed by atoms with Crippen LogP contribution in [0.2, 0.25) is 0 Å². The average molecular weight is 335 g/mol. The number of nitrogens with zero attached hydrogens (tertiary/aromatic N) is 3. The van der Waals surface area contributed by atoms with Crippen molar-refractivity contribution in [3.8, 4) is 5.75 Å². The summed E-state index contributed by atoms with van der Waals surface area (Å²) in [4.78, 5) is 4.34. The number of aromatic nitrogens is 3. The number of hydrogen-bond donors (Lipinski definition) is 2. The minimum atomic E-state index is 0.0712. The van der Waals surface area contributed by atoms with Gasteiger partial charge < -0.3 is 15.8 Å². The van der Waals surface area contributed by atoms with Gasteiger partial charge in [0, 0.05) is 0 Å². The molecule has 25 heavy (non-hydrogen) atoms. The summed E-state index contributed by atoms with van der Waals surface area (Å²) >= 11 is 0. The van der Waals surface area contributed by atoms with Gasteiger partial charge in [-0.25, -0.2) is 4.68 Å². The molecule has 1 aliphatic heterocycles. The summed E-state index contributed by atoms with van der Waals surface area (Å²) in [5.41, 5.74) is 8.24. The molecule has 2 aromatic carbocycles. The molecule has 2 heterocycles. The fraction of sp³-hybridized carbons (Fsp3) is 0.263. The summed E-state index contributed by atoms with van der Waals surface area (Å²) in [7, 11) is 0. The molecule has 0 aliphatic carbocycles. The Morgan fingerprint density at radius 2 is 1.88 bits per heavy atom. The second-order valence-corrected chi connectivity index (χ2v) is 6.10. The number of nitrogen functional groups attached to an aromatic ring is 1. The number of fused-ring (bicyclic) bond motifs is 1. The highest BCUT2D eigenvalue weighted by atomic mass is 16.5. The minimum Gasteiger partial charge on any atom is -0.494 e. The van der Waals surface area contributed by atoms with Crippen LogP contribution >= 0.6 is 0 Å². The van der Waals surface area contributed by atoms with E-state index in [4.69, 9.17) is 10.5 Å². The fourth-order valence-corrected chi connectivity index (χ4v) is 3.33. The molecule has 6 heteroatoms. The third kappa shape index (κ3) is 3.03. The Bertz CT molecular complexity index is 844. The van der Waals surface area contributed by atoms with Crippen LogP contribution in [0.5, 0.6) is 5.75 Å². The van der Waals surface area contributed by atoms with Gasteiger partial charge in [0.2, 0.25) is 11.9 Å². The first-order chi connectivity index (χ1) is 12.2. The summed E-state index contributed by atoms with van der Waals surface area (Å²) in [6.07, 6.45) is 0.869. The highest BCUT2D eigenvalue weighted by Gasteiger charge is 2.30. The lowest BCUT2D eigenvalue weighted by atomic mass is 9.93. The van der Waals surface area contributed by atoms with Crippen molar-refractivity contribution >= 4 is 11.9 Å². The van der Waals surface area contributed by atoms with Crippen LogP contribution in [0.15, 0.2) is 54.6 Å². The van der Waals surface area contributed by atoms with Crippen molar-refractivity contribution in [1.29, 1.82) is 0 Å². The van der Waals surface area contributed by atoms with Crippen molar-refractivity contribution in [1.82, 2.24) is 14.8 Å². The maximum Gasteiger partial charge on any atom is 0.241 e. The lowest BCUT2D eigenvalue weighted by Crippen LogP contribution is -2.28. The standard InChI is InChI=1S/C19H21N5O/c1-2-25-15-10-8-14(9-11-15)17-12-16(13-6-4-3-5-7-13)21-19-22-18(20)23-24(17)19/h3-11,16-17H,2,12H2,1H3,(H3,20,21,22,23)/t16-,17-/m0/s1. The molecule has 0 saturated carbocycles. The van der Waals surface area contributed by atoms with Gasteiger partial charge >= 0.3 is 0 Å². The van der Waals surface area contributed by atoms with Gasteiger partial charge in [-0.1, -0.05) is 42.5 Å². The molecule has 4 rings (SSSR count). The summed E-state index contributed by atoms with van der Waals surface area (Å²) in [6, 6.07) is 18.8. The Morgan fingerprint density at radius 1 is 1.12 bits per heavy atom. The molecule has 0 spiro atoms. The van der Waals surface area contributed by atoms with Gasteiger partial charge in [-0.15, -0.1) is 5.10 Å². The molecule has 0 saturated heterocycles. The van der Waals surface area contributed by atoms with E-state index in [1.165, 1.54) is 5.56 Å². The predicted molar refractivity (Wildman–Crippen MR) is 97.6 cm³/mol. The molecule has 1 aliphatic rings. The van der Waals surface area contributed by atoms with Crippen LogP contribution in [0, 0.1) is 0 Å². The maximum atomic E-state index is 5.84. The number of anilines is 2. The van der Waals surface area contributed by atoms with Crippen molar-refractivity contribution in [3.63, 3.8) is 0 Å². The van der Waals surface area contributed by atoms with E-state index < -0.39 is 0 Å². The lowest BCUT2D eigenvalue weighted by molar-refractivity contribution is 0.340. The fourth-order valence-electron chi connectivity index (χ4n) is 3.33. The third-order valence-corrected chi connectivity index (χ3v) is 4.48. The first kappa shape index (κ1) is 15.5. The zero-order valence-electron chi connectivity index (χ0n) is 14.1. The number of rotatable bonds is 4. The van der Waals surface area contributed by atoms with Crippen molar-refractivity contribution in [2.75, 3.05) is 17.7 Å². The SMILES string of the molecule is CCOc1ccc([C@@H]2C[C@@H](c3ccccc3)Nc3nc(N)nn32)cc1. The van der Waals surface area contributed by atoms with E-state index in [1.807, 2.05) is 29.8 Å². The van der Waals surface area contributed by atoms with Gasteiger partial charge in [0.25, 0.3) is 0 Å². The molecule has 1 aromatic heterocycles. The number of benzene rings is 2. The molecule has 6 nitrogen and oxygen atoms in total. The Morgan fingerprint density at radius 3 is 2.60 bits per heavy atom. The highest BCUT2D eigenvalue weighted by Crippen LogP contribution is 2.38. The van der Waals surface area contributed by atoms with Crippen LogP contribution < -0.4 is 15.8 Å². The van der Waals surface area contributed by atoms with Crippen molar-refractivity contribution in [3.05, 3.63) is 65.7 Å². The van der Waals surface area contributed by atoms with Gasteiger partial charge in [-0.3, -0.25) is 0 Å². The quantitative estimate of drug-likeness (QED) is 0.764. The van der Waals surface area contributed by atoms with E-state index in [9.17, 15) is 0 Å².